The van der Waals surface area contributed by atoms with E-state index < -0.39 is 0 Å². The van der Waals surface area contributed by atoms with Crippen LogP contribution in [0.3, 0.4) is 0 Å². The van der Waals surface area contributed by atoms with Crippen LogP contribution in [-0.2, 0) is 19.2 Å². The number of fused-ring (bicyclic) bond motifs is 16. The summed E-state index contributed by atoms with van der Waals surface area (Å²) in [4.78, 5) is 58.1. The molecule has 8 nitrogen and oxygen atoms in total. The molecule has 6 aliphatic rings. The van der Waals surface area contributed by atoms with E-state index in [4.69, 9.17) is 0 Å². The Morgan fingerprint density at radius 1 is 0.423 bits per heavy atom. The molecule has 6 aliphatic heterocycles. The molecule has 260 valence electrons. The van der Waals surface area contributed by atoms with Crippen LogP contribution in [0.1, 0.15) is 57.5 Å². The van der Waals surface area contributed by atoms with Gasteiger partial charge in [0.1, 0.15) is 0 Å². The molecule has 10 rings (SSSR count). The van der Waals surface area contributed by atoms with E-state index in [9.17, 15) is 19.2 Å². The van der Waals surface area contributed by atoms with Gasteiger partial charge >= 0.3 is 0 Å². The molecule has 0 aromatic heterocycles. The first-order chi connectivity index (χ1) is 25.4. The Balaban J connectivity index is 0.000000138. The molecule has 0 unspecified atom stereocenters. The van der Waals surface area contributed by atoms with Crippen LogP contribution in [0.5, 0.6) is 0 Å². The molecule has 8 heteroatoms. The average Bonchev–Trinajstić information content (AvgIpc) is 3.97. The van der Waals surface area contributed by atoms with Gasteiger partial charge in [-0.15, -0.1) is 0 Å². The summed E-state index contributed by atoms with van der Waals surface area (Å²) in [5.41, 5.74) is 7.16. The highest BCUT2D eigenvalue weighted by atomic mass is 16.2. The minimum Gasteiger partial charge on any atom is -0.285 e. The number of rotatable bonds is 6. The predicted molar refractivity (Wildman–Crippen MR) is 198 cm³/mol. The lowest BCUT2D eigenvalue weighted by molar-refractivity contribution is -0.141. The number of hydrogen-bond acceptors (Lipinski definition) is 6. The van der Waals surface area contributed by atoms with E-state index in [0.29, 0.717) is 0 Å². The molecule has 4 bridgehead atoms. The zero-order valence-corrected chi connectivity index (χ0v) is 29.2. The highest BCUT2D eigenvalue weighted by molar-refractivity contribution is 6.07. The minimum absolute atomic E-state index is 0.00280. The molecular formula is C44H40N4O4. The first-order valence-electron chi connectivity index (χ1n) is 18.1. The topological polar surface area (TPSA) is 81.2 Å². The second-order valence-electron chi connectivity index (χ2n) is 14.6. The van der Waals surface area contributed by atoms with Crippen LogP contribution in [0.15, 0.2) is 121 Å². The van der Waals surface area contributed by atoms with Crippen LogP contribution in [0.25, 0.3) is 12.2 Å². The SMILES string of the molecule is CN1C(=O)[C@@H]2[C@H](C1=O)[C@@H]1c3ccccc3[C@H]2N1C/C=C/c1ccccc1.CN1C(=O)[C@@H]2[C@H](C1=O)[C@@H]1c3ccccc3[C@H]2N1C/C=C/c1ccccc1. The Kier molecular flexibility index (Phi) is 7.90. The Hall–Kier alpha value is -5.44. The Labute approximate surface area is 303 Å². The van der Waals surface area contributed by atoms with E-state index in [1.807, 2.05) is 60.7 Å². The fourth-order valence-electron chi connectivity index (χ4n) is 10.0. The van der Waals surface area contributed by atoms with E-state index in [1.54, 1.807) is 14.1 Å². The molecule has 8 atom stereocenters. The zero-order valence-electron chi connectivity index (χ0n) is 29.2. The summed E-state index contributed by atoms with van der Waals surface area (Å²) < 4.78 is 0. The molecule has 0 radical (unpaired) electrons. The highest BCUT2D eigenvalue weighted by Crippen LogP contribution is 2.63. The van der Waals surface area contributed by atoms with Gasteiger partial charge in [0, 0.05) is 51.4 Å². The average molecular weight is 689 g/mol. The van der Waals surface area contributed by atoms with Crippen LogP contribution in [0.2, 0.25) is 0 Å². The number of hydrogen-bond donors (Lipinski definition) is 0. The molecule has 0 aliphatic carbocycles. The minimum atomic E-state index is -0.238. The number of likely N-dealkylation sites (tertiary alicyclic amines) is 2. The number of nitrogens with zero attached hydrogens (tertiary/aromatic N) is 4. The maximum atomic E-state index is 12.7. The predicted octanol–water partition coefficient (Wildman–Crippen LogP) is 6.08. The van der Waals surface area contributed by atoms with Crippen molar-refractivity contribution in [1.29, 1.82) is 0 Å². The Morgan fingerprint density at radius 3 is 0.981 bits per heavy atom. The van der Waals surface area contributed by atoms with Crippen LogP contribution >= 0.6 is 0 Å². The van der Waals surface area contributed by atoms with Gasteiger partial charge in [-0.3, -0.25) is 38.8 Å². The molecule has 4 aromatic rings. The molecule has 4 amide bonds. The van der Waals surface area contributed by atoms with Gasteiger partial charge in [-0.1, -0.05) is 133 Å². The van der Waals surface area contributed by atoms with Crippen molar-refractivity contribution >= 4 is 35.8 Å². The van der Waals surface area contributed by atoms with Gasteiger partial charge in [0.2, 0.25) is 23.6 Å². The number of benzene rings is 4. The molecule has 4 aromatic carbocycles. The molecule has 0 spiro atoms. The van der Waals surface area contributed by atoms with Crippen LogP contribution in [0, 0.1) is 23.7 Å². The van der Waals surface area contributed by atoms with E-state index in [1.165, 1.54) is 32.1 Å². The lowest BCUT2D eigenvalue weighted by Gasteiger charge is -2.24. The summed E-state index contributed by atoms with van der Waals surface area (Å²) in [6, 6.07) is 36.9. The molecule has 4 saturated heterocycles. The van der Waals surface area contributed by atoms with E-state index in [-0.39, 0.29) is 71.5 Å². The number of amides is 4. The van der Waals surface area contributed by atoms with E-state index >= 15 is 0 Å². The zero-order chi connectivity index (χ0) is 35.7. The Morgan fingerprint density at radius 2 is 0.692 bits per heavy atom. The standard InChI is InChI=1S/2C22H20N2O2/c2*1-23-21(25)17-18(22(23)26)20-16-12-6-5-11-15(16)19(17)24(20)13-7-10-14-8-3-2-4-9-14/h2*2-12,17-20H,13H2,1H3/b2*10-7+/t2*17-,18+,19-,20+. The van der Waals surface area contributed by atoms with Crippen LogP contribution in [0.4, 0.5) is 0 Å². The summed E-state index contributed by atoms with van der Waals surface area (Å²) in [5, 5.41) is 0. The number of carbonyl (C=O) groups excluding carboxylic acids is 4. The summed E-state index contributed by atoms with van der Waals surface area (Å²) in [7, 11) is 3.24. The molecule has 0 N–H and O–H groups in total. The maximum Gasteiger partial charge on any atom is 0.234 e. The van der Waals surface area contributed by atoms with Crippen molar-refractivity contribution in [3.63, 3.8) is 0 Å². The normalized spacial score (nSPS) is 29.7. The molecule has 52 heavy (non-hydrogen) atoms. The molecule has 6 heterocycles. The summed E-state index contributed by atoms with van der Waals surface area (Å²) >= 11 is 0. The summed E-state index contributed by atoms with van der Waals surface area (Å²) in [5.74, 6) is -1.07. The van der Waals surface area contributed by atoms with Gasteiger partial charge in [0.15, 0.2) is 0 Å². The number of imide groups is 2. The van der Waals surface area contributed by atoms with E-state index in [0.717, 1.165) is 24.2 Å². The second kappa shape index (κ2) is 12.7. The monoisotopic (exact) mass is 688 g/mol. The van der Waals surface area contributed by atoms with Crippen molar-refractivity contribution in [2.75, 3.05) is 27.2 Å². The van der Waals surface area contributed by atoms with Crippen molar-refractivity contribution in [2.45, 2.75) is 24.2 Å². The van der Waals surface area contributed by atoms with Gasteiger partial charge in [-0.05, 0) is 33.4 Å². The highest BCUT2D eigenvalue weighted by Gasteiger charge is 2.66. The van der Waals surface area contributed by atoms with Crippen molar-refractivity contribution in [1.82, 2.24) is 19.6 Å². The largest absolute Gasteiger partial charge is 0.285 e. The van der Waals surface area contributed by atoms with Gasteiger partial charge in [-0.2, -0.15) is 0 Å². The fourth-order valence-corrected chi connectivity index (χ4v) is 10.0. The van der Waals surface area contributed by atoms with Gasteiger partial charge in [0.05, 0.1) is 23.7 Å². The van der Waals surface area contributed by atoms with E-state index in [2.05, 4.69) is 82.6 Å². The van der Waals surface area contributed by atoms with Gasteiger partial charge in [-0.25, -0.2) is 0 Å². The second-order valence-corrected chi connectivity index (χ2v) is 14.6. The maximum absolute atomic E-state index is 12.7. The molecular weight excluding hydrogens is 649 g/mol. The quantitative estimate of drug-likeness (QED) is 0.229. The lowest BCUT2D eigenvalue weighted by atomic mass is 9.77. The fraction of sp³-hybridized carbons (Fsp3) is 0.273. The first kappa shape index (κ1) is 32.5. The van der Waals surface area contributed by atoms with Crippen LogP contribution < -0.4 is 0 Å². The Bertz CT molecular complexity index is 1900. The smallest absolute Gasteiger partial charge is 0.234 e. The van der Waals surface area contributed by atoms with Gasteiger partial charge in [0.25, 0.3) is 0 Å². The summed E-state index contributed by atoms with van der Waals surface area (Å²) in [6.07, 6.45) is 8.49. The van der Waals surface area contributed by atoms with Crippen molar-refractivity contribution in [3.05, 3.63) is 155 Å². The lowest BCUT2D eigenvalue weighted by Crippen LogP contribution is -2.33. The molecule has 0 saturated carbocycles. The summed E-state index contributed by atoms with van der Waals surface area (Å²) in [6.45, 7) is 1.46. The van der Waals surface area contributed by atoms with Crippen LogP contribution in [-0.4, -0.2) is 70.4 Å². The number of carbonyl (C=O) groups is 4. The first-order valence-corrected chi connectivity index (χ1v) is 18.1. The molecule has 4 fully saturated rings. The van der Waals surface area contributed by atoms with Crippen molar-refractivity contribution in [3.8, 4) is 0 Å². The third-order valence-electron chi connectivity index (χ3n) is 12.1. The third kappa shape index (κ3) is 4.81. The third-order valence-corrected chi connectivity index (χ3v) is 12.1. The van der Waals surface area contributed by atoms with Crippen molar-refractivity contribution < 1.29 is 19.2 Å². The van der Waals surface area contributed by atoms with Crippen molar-refractivity contribution in [2.24, 2.45) is 23.7 Å². The van der Waals surface area contributed by atoms with Gasteiger partial charge < -0.3 is 0 Å².